The molecule has 160 valence electrons. The number of aryl methyl sites for hydroxylation is 2. The van der Waals surface area contributed by atoms with E-state index in [1.807, 2.05) is 23.7 Å². The van der Waals surface area contributed by atoms with Crippen LogP contribution >= 0.6 is 35.6 Å². The number of nitrogens with one attached hydrogen (secondary N) is 2. The largest absolute Gasteiger partial charge is 0.356 e. The van der Waals surface area contributed by atoms with E-state index in [1.54, 1.807) is 19.2 Å². The number of aromatic nitrogens is 5. The van der Waals surface area contributed by atoms with Crippen LogP contribution in [0.25, 0.3) is 11.4 Å². The van der Waals surface area contributed by atoms with Crippen molar-refractivity contribution in [3.05, 3.63) is 46.8 Å². The lowest BCUT2D eigenvalue weighted by atomic mass is 10.1. The second-order valence-electron chi connectivity index (χ2n) is 6.90. The van der Waals surface area contributed by atoms with Gasteiger partial charge in [-0.2, -0.15) is 10.1 Å². The average molecular weight is 543 g/mol. The zero-order valence-electron chi connectivity index (χ0n) is 16.8. The molecular formula is C19H24ClIN8O. The molecule has 0 amide bonds. The van der Waals surface area contributed by atoms with Crippen LogP contribution in [0.2, 0.25) is 5.02 Å². The first kappa shape index (κ1) is 22.5. The third-order valence-electron chi connectivity index (χ3n) is 4.73. The molecular weight excluding hydrogens is 519 g/mol. The van der Waals surface area contributed by atoms with Gasteiger partial charge in [-0.05, 0) is 37.6 Å². The summed E-state index contributed by atoms with van der Waals surface area (Å²) in [5.41, 5.74) is 0.870. The summed E-state index contributed by atoms with van der Waals surface area (Å²) >= 11 is 5.91. The monoisotopic (exact) mass is 542 g/mol. The average Bonchev–Trinajstić information content (AvgIpc) is 3.33. The zero-order chi connectivity index (χ0) is 20.2. The lowest BCUT2D eigenvalue weighted by Crippen LogP contribution is -2.47. The van der Waals surface area contributed by atoms with Crippen molar-refractivity contribution >= 4 is 41.5 Å². The predicted molar refractivity (Wildman–Crippen MR) is 125 cm³/mol. The maximum absolute atomic E-state index is 5.91. The summed E-state index contributed by atoms with van der Waals surface area (Å²) in [4.78, 5) is 13.2. The lowest BCUT2D eigenvalue weighted by molar-refractivity contribution is 0.377. The molecule has 2 aromatic heterocycles. The van der Waals surface area contributed by atoms with Gasteiger partial charge in [-0.15, -0.1) is 24.0 Å². The van der Waals surface area contributed by atoms with Crippen molar-refractivity contribution in [3.8, 4) is 11.4 Å². The molecule has 1 aliphatic rings. The molecule has 0 aliphatic carbocycles. The van der Waals surface area contributed by atoms with E-state index >= 15 is 0 Å². The predicted octanol–water partition coefficient (Wildman–Crippen LogP) is 2.63. The number of hydrogen-bond donors (Lipinski definition) is 2. The van der Waals surface area contributed by atoms with E-state index in [-0.39, 0.29) is 30.0 Å². The van der Waals surface area contributed by atoms with E-state index in [1.165, 1.54) is 0 Å². The molecule has 3 aromatic rings. The third-order valence-corrected chi connectivity index (χ3v) is 4.98. The highest BCUT2D eigenvalue weighted by atomic mass is 127. The van der Waals surface area contributed by atoms with Gasteiger partial charge in [-0.3, -0.25) is 4.99 Å². The number of aliphatic imine (C=N–C) groups is 1. The van der Waals surface area contributed by atoms with Gasteiger partial charge in [0, 0.05) is 43.1 Å². The van der Waals surface area contributed by atoms with Gasteiger partial charge in [-0.1, -0.05) is 16.8 Å². The fraction of sp³-hybridized carbons (Fsp3) is 0.421. The van der Waals surface area contributed by atoms with E-state index in [0.29, 0.717) is 29.7 Å². The number of nitrogens with zero attached hydrogens (tertiary/aromatic N) is 6. The van der Waals surface area contributed by atoms with Crippen molar-refractivity contribution in [3.63, 3.8) is 0 Å². The lowest BCUT2D eigenvalue weighted by Gasteiger charge is -2.25. The molecule has 30 heavy (non-hydrogen) atoms. The summed E-state index contributed by atoms with van der Waals surface area (Å²) in [7, 11) is 1.76. The Hall–Kier alpha value is -2.21. The van der Waals surface area contributed by atoms with Crippen LogP contribution in [0.5, 0.6) is 0 Å². The molecule has 0 radical (unpaired) electrons. The maximum Gasteiger partial charge on any atom is 0.228 e. The van der Waals surface area contributed by atoms with Crippen LogP contribution in [-0.4, -0.2) is 50.5 Å². The SMILES string of the molecule is CN=C(NCCc1nc(-c2ccc(Cl)cc2)no1)NC1CCc2nc(C)nn2C1.I. The molecule has 1 aromatic carbocycles. The molecule has 9 nitrogen and oxygen atoms in total. The van der Waals surface area contributed by atoms with Gasteiger partial charge in [0.05, 0.1) is 6.54 Å². The molecule has 3 heterocycles. The summed E-state index contributed by atoms with van der Waals surface area (Å²) in [6.45, 7) is 3.33. The minimum atomic E-state index is 0. The molecule has 1 atom stereocenters. The summed E-state index contributed by atoms with van der Waals surface area (Å²) < 4.78 is 7.32. The van der Waals surface area contributed by atoms with Crippen LogP contribution in [-0.2, 0) is 19.4 Å². The number of halogens is 2. The maximum atomic E-state index is 5.91. The molecule has 1 unspecified atom stereocenters. The van der Waals surface area contributed by atoms with Crippen molar-refractivity contribution in [2.75, 3.05) is 13.6 Å². The summed E-state index contributed by atoms with van der Waals surface area (Å²) in [6.07, 6.45) is 2.50. The second-order valence-corrected chi connectivity index (χ2v) is 7.34. The van der Waals surface area contributed by atoms with E-state index in [0.717, 1.165) is 42.6 Å². The van der Waals surface area contributed by atoms with E-state index in [2.05, 4.69) is 35.8 Å². The highest BCUT2D eigenvalue weighted by molar-refractivity contribution is 14.0. The Kier molecular flexibility index (Phi) is 7.64. The highest BCUT2D eigenvalue weighted by Crippen LogP contribution is 2.18. The highest BCUT2D eigenvalue weighted by Gasteiger charge is 2.21. The van der Waals surface area contributed by atoms with Crippen LogP contribution in [0.3, 0.4) is 0 Å². The molecule has 0 saturated carbocycles. The first-order valence-electron chi connectivity index (χ1n) is 9.57. The molecule has 11 heteroatoms. The number of hydrogen-bond acceptors (Lipinski definition) is 6. The van der Waals surface area contributed by atoms with Gasteiger partial charge in [0.15, 0.2) is 5.96 Å². The number of benzene rings is 1. The molecule has 2 N–H and O–H groups in total. The summed E-state index contributed by atoms with van der Waals surface area (Å²) in [5.74, 6) is 3.74. The topological polar surface area (TPSA) is 106 Å². The first-order valence-corrected chi connectivity index (χ1v) is 9.94. The van der Waals surface area contributed by atoms with Crippen LogP contribution in [0.15, 0.2) is 33.8 Å². The number of guanidine groups is 1. The van der Waals surface area contributed by atoms with Gasteiger partial charge >= 0.3 is 0 Å². The Morgan fingerprint density at radius 1 is 1.30 bits per heavy atom. The molecule has 0 spiro atoms. The fourth-order valence-electron chi connectivity index (χ4n) is 3.30. The quantitative estimate of drug-likeness (QED) is 0.290. The standard InChI is InChI=1S/C19H23ClN8O.HI/c1-12-23-16-8-7-15(11-28(16)26-12)24-19(21-2)22-10-9-17-25-18(27-29-17)13-3-5-14(20)6-4-13;/h3-6,15H,7-11H2,1-2H3,(H2,21,22,24);1H. The van der Waals surface area contributed by atoms with Crippen molar-refractivity contribution in [2.45, 2.75) is 38.8 Å². The van der Waals surface area contributed by atoms with Crippen molar-refractivity contribution in [1.29, 1.82) is 0 Å². The Morgan fingerprint density at radius 2 is 2.10 bits per heavy atom. The second kappa shape index (κ2) is 10.2. The van der Waals surface area contributed by atoms with Gasteiger partial charge in [0.1, 0.15) is 11.6 Å². The smallest absolute Gasteiger partial charge is 0.228 e. The van der Waals surface area contributed by atoms with Crippen molar-refractivity contribution in [2.24, 2.45) is 4.99 Å². The summed E-state index contributed by atoms with van der Waals surface area (Å²) in [6, 6.07) is 7.60. The normalized spacial score (nSPS) is 16.0. The molecule has 1 aliphatic heterocycles. The molecule has 0 bridgehead atoms. The minimum absolute atomic E-state index is 0. The zero-order valence-corrected chi connectivity index (χ0v) is 19.9. The Labute approximate surface area is 196 Å². The van der Waals surface area contributed by atoms with Gasteiger partial charge in [-0.25, -0.2) is 9.67 Å². The number of rotatable bonds is 5. The van der Waals surface area contributed by atoms with E-state index < -0.39 is 0 Å². The fourth-order valence-corrected chi connectivity index (χ4v) is 3.43. The van der Waals surface area contributed by atoms with Crippen LogP contribution in [0.1, 0.15) is 24.0 Å². The Bertz CT molecular complexity index is 1000. The minimum Gasteiger partial charge on any atom is -0.356 e. The van der Waals surface area contributed by atoms with E-state index in [4.69, 9.17) is 16.1 Å². The van der Waals surface area contributed by atoms with E-state index in [9.17, 15) is 0 Å². The van der Waals surface area contributed by atoms with Gasteiger partial charge in [0.25, 0.3) is 0 Å². The molecule has 4 rings (SSSR count). The van der Waals surface area contributed by atoms with Gasteiger partial charge in [0.2, 0.25) is 11.7 Å². The van der Waals surface area contributed by atoms with Crippen molar-refractivity contribution in [1.82, 2.24) is 35.5 Å². The summed E-state index contributed by atoms with van der Waals surface area (Å²) in [5, 5.41) is 15.9. The Morgan fingerprint density at radius 3 is 2.87 bits per heavy atom. The van der Waals surface area contributed by atoms with Crippen LogP contribution in [0, 0.1) is 6.92 Å². The van der Waals surface area contributed by atoms with Gasteiger partial charge < -0.3 is 15.2 Å². The van der Waals surface area contributed by atoms with Crippen LogP contribution < -0.4 is 10.6 Å². The molecule has 0 saturated heterocycles. The molecule has 0 fully saturated rings. The number of fused-ring (bicyclic) bond motifs is 1. The van der Waals surface area contributed by atoms with Crippen LogP contribution in [0.4, 0.5) is 0 Å². The van der Waals surface area contributed by atoms with Crippen molar-refractivity contribution < 1.29 is 4.52 Å². The third kappa shape index (κ3) is 5.48. The first-order chi connectivity index (χ1) is 14.1. The Balaban J connectivity index is 0.00000256.